The number of cyclic esters (lactones) is 1. The SMILES string of the molecule is COc1ccc(CCC2(C3CCCC3)CC(O)=C(Sc3nc4ccncc4[nH]3)C(=O)O2)cc1Cl. The smallest absolute Gasteiger partial charge is 0.349 e. The Kier molecular flexibility index (Phi) is 6.44. The highest BCUT2D eigenvalue weighted by atomic mass is 35.5. The Morgan fingerprint density at radius 1 is 1.32 bits per heavy atom. The number of aliphatic hydroxyl groups excluding tert-OH is 1. The van der Waals surface area contributed by atoms with Gasteiger partial charge in [0.2, 0.25) is 0 Å². The van der Waals surface area contributed by atoms with Crippen LogP contribution in [0.15, 0.2) is 52.5 Å². The lowest BCUT2D eigenvalue weighted by molar-refractivity contribution is -0.166. The van der Waals surface area contributed by atoms with Gasteiger partial charge in [-0.2, -0.15) is 0 Å². The number of imidazole rings is 1. The first-order chi connectivity index (χ1) is 16.5. The number of benzene rings is 1. The van der Waals surface area contributed by atoms with Gasteiger partial charge in [0.05, 0.1) is 29.4 Å². The summed E-state index contributed by atoms with van der Waals surface area (Å²) in [5.41, 5.74) is 1.83. The first-order valence-corrected chi connectivity index (χ1v) is 12.6. The number of aromatic nitrogens is 3. The lowest BCUT2D eigenvalue weighted by Gasteiger charge is -2.41. The molecule has 0 saturated heterocycles. The maximum absolute atomic E-state index is 13.2. The molecule has 2 aliphatic rings. The van der Waals surface area contributed by atoms with Crippen LogP contribution in [0.3, 0.4) is 0 Å². The number of esters is 1. The van der Waals surface area contributed by atoms with Crippen LogP contribution in [-0.4, -0.2) is 38.7 Å². The molecule has 7 nitrogen and oxygen atoms in total. The predicted octanol–water partition coefficient (Wildman–Crippen LogP) is 5.99. The highest BCUT2D eigenvalue weighted by molar-refractivity contribution is 8.03. The highest BCUT2D eigenvalue weighted by Gasteiger charge is 2.48. The van der Waals surface area contributed by atoms with Gasteiger partial charge in [-0.05, 0) is 67.1 Å². The van der Waals surface area contributed by atoms with Crippen LogP contribution in [-0.2, 0) is 16.0 Å². The van der Waals surface area contributed by atoms with Crippen molar-refractivity contribution in [3.05, 3.63) is 57.9 Å². The molecule has 1 aliphatic carbocycles. The van der Waals surface area contributed by atoms with Crippen LogP contribution in [0, 0.1) is 5.92 Å². The number of halogens is 1. The molecule has 0 radical (unpaired) electrons. The van der Waals surface area contributed by atoms with Crippen molar-refractivity contribution in [2.45, 2.75) is 55.7 Å². The average molecular weight is 500 g/mol. The highest BCUT2D eigenvalue weighted by Crippen LogP contribution is 2.47. The molecule has 3 heterocycles. The van der Waals surface area contributed by atoms with E-state index >= 15 is 0 Å². The van der Waals surface area contributed by atoms with E-state index in [0.29, 0.717) is 35.2 Å². The van der Waals surface area contributed by atoms with Crippen molar-refractivity contribution in [3.63, 3.8) is 0 Å². The molecule has 3 aromatic rings. The first kappa shape index (κ1) is 23.1. The monoisotopic (exact) mass is 499 g/mol. The fourth-order valence-corrected chi connectivity index (χ4v) is 6.17. The van der Waals surface area contributed by atoms with Crippen LogP contribution in [0.25, 0.3) is 11.0 Å². The molecule has 5 rings (SSSR count). The molecule has 1 aliphatic heterocycles. The molecule has 9 heteroatoms. The molecule has 2 N–H and O–H groups in total. The van der Waals surface area contributed by atoms with Crippen molar-refractivity contribution >= 4 is 40.4 Å². The molecule has 0 bridgehead atoms. The Bertz CT molecular complexity index is 1220. The third-order valence-electron chi connectivity index (χ3n) is 6.82. The second-order valence-electron chi connectivity index (χ2n) is 8.89. The number of H-pyrrole nitrogens is 1. The molecular weight excluding hydrogens is 474 g/mol. The minimum atomic E-state index is -0.730. The largest absolute Gasteiger partial charge is 0.511 e. The van der Waals surface area contributed by atoms with E-state index in [1.165, 1.54) is 0 Å². The molecule has 1 atom stereocenters. The average Bonchev–Trinajstić information content (AvgIpc) is 3.50. The van der Waals surface area contributed by atoms with Crippen LogP contribution in [0.2, 0.25) is 5.02 Å². The number of aromatic amines is 1. The quantitative estimate of drug-likeness (QED) is 0.385. The molecule has 1 saturated carbocycles. The molecule has 2 aromatic heterocycles. The second kappa shape index (κ2) is 9.50. The van der Waals surface area contributed by atoms with Gasteiger partial charge in [0.1, 0.15) is 22.0 Å². The first-order valence-electron chi connectivity index (χ1n) is 11.4. The number of aryl methyl sites for hydroxylation is 1. The number of hydrogen-bond acceptors (Lipinski definition) is 7. The molecule has 0 amide bonds. The van der Waals surface area contributed by atoms with Gasteiger partial charge >= 0.3 is 5.97 Å². The summed E-state index contributed by atoms with van der Waals surface area (Å²) in [5.74, 6) is 0.422. The van der Waals surface area contributed by atoms with E-state index < -0.39 is 11.6 Å². The lowest BCUT2D eigenvalue weighted by Crippen LogP contribution is -2.45. The van der Waals surface area contributed by atoms with Gasteiger partial charge in [-0.25, -0.2) is 9.78 Å². The summed E-state index contributed by atoms with van der Waals surface area (Å²) >= 11 is 7.41. The summed E-state index contributed by atoms with van der Waals surface area (Å²) in [7, 11) is 1.59. The Hall–Kier alpha value is -2.71. The number of nitrogens with zero attached hydrogens (tertiary/aromatic N) is 2. The number of carbonyl (C=O) groups excluding carboxylic acids is 1. The van der Waals surface area contributed by atoms with E-state index in [4.69, 9.17) is 21.1 Å². The minimum absolute atomic E-state index is 0.0690. The predicted molar refractivity (Wildman–Crippen MR) is 131 cm³/mol. The van der Waals surface area contributed by atoms with Crippen LogP contribution in [0.4, 0.5) is 0 Å². The number of methoxy groups -OCH3 is 1. The summed E-state index contributed by atoms with van der Waals surface area (Å²) in [6.45, 7) is 0. The van der Waals surface area contributed by atoms with E-state index in [2.05, 4.69) is 15.0 Å². The summed E-state index contributed by atoms with van der Waals surface area (Å²) in [6, 6.07) is 7.51. The van der Waals surface area contributed by atoms with E-state index in [9.17, 15) is 9.90 Å². The van der Waals surface area contributed by atoms with E-state index in [0.717, 1.165) is 54.0 Å². The van der Waals surface area contributed by atoms with Gasteiger partial charge < -0.3 is 19.6 Å². The molecule has 0 spiro atoms. The van der Waals surface area contributed by atoms with Crippen molar-refractivity contribution in [2.24, 2.45) is 5.92 Å². The number of fused-ring (bicyclic) bond motifs is 1. The molecular formula is C25H26ClN3O4S. The normalized spacial score (nSPS) is 21.3. The Labute approximate surface area is 206 Å². The number of thioether (sulfide) groups is 1. The topological polar surface area (TPSA) is 97.3 Å². The van der Waals surface area contributed by atoms with E-state index in [1.54, 1.807) is 25.6 Å². The lowest BCUT2D eigenvalue weighted by atomic mass is 9.77. The summed E-state index contributed by atoms with van der Waals surface area (Å²) in [5, 5.41) is 12.1. The fourth-order valence-electron chi connectivity index (χ4n) is 5.07. The van der Waals surface area contributed by atoms with Crippen molar-refractivity contribution in [3.8, 4) is 5.75 Å². The third kappa shape index (κ3) is 4.49. The molecule has 34 heavy (non-hydrogen) atoms. The van der Waals surface area contributed by atoms with Gasteiger partial charge in [0, 0.05) is 12.6 Å². The van der Waals surface area contributed by atoms with Crippen molar-refractivity contribution < 1.29 is 19.4 Å². The van der Waals surface area contributed by atoms with Crippen LogP contribution < -0.4 is 4.74 Å². The van der Waals surface area contributed by atoms with Gasteiger partial charge in [-0.15, -0.1) is 0 Å². The number of aliphatic hydroxyl groups is 1. The van der Waals surface area contributed by atoms with E-state index in [1.807, 2.05) is 18.2 Å². The van der Waals surface area contributed by atoms with Gasteiger partial charge in [0.25, 0.3) is 0 Å². The van der Waals surface area contributed by atoms with Crippen molar-refractivity contribution in [1.82, 2.24) is 15.0 Å². The van der Waals surface area contributed by atoms with E-state index in [-0.39, 0.29) is 16.6 Å². The number of pyridine rings is 1. The molecule has 1 aromatic carbocycles. The van der Waals surface area contributed by atoms with Gasteiger partial charge in [0.15, 0.2) is 5.16 Å². The van der Waals surface area contributed by atoms with Crippen molar-refractivity contribution in [1.29, 1.82) is 0 Å². The third-order valence-corrected chi connectivity index (χ3v) is 8.11. The number of hydrogen-bond donors (Lipinski definition) is 2. The molecule has 178 valence electrons. The Morgan fingerprint density at radius 2 is 2.15 bits per heavy atom. The summed E-state index contributed by atoms with van der Waals surface area (Å²) < 4.78 is 11.4. The number of carbonyl (C=O) groups is 1. The maximum atomic E-state index is 13.2. The standard InChI is InChI=1S/C25H26ClN3O4S/c1-32-21-7-6-15(12-17(21)26)8-10-25(16-4-2-3-5-16)13-20(30)22(23(31)33-25)34-24-28-18-9-11-27-14-19(18)29-24/h6-7,9,11-12,14,16,30H,2-5,8,10,13H2,1H3,(H,28,29). The maximum Gasteiger partial charge on any atom is 0.349 e. The zero-order valence-corrected chi connectivity index (χ0v) is 20.4. The summed E-state index contributed by atoms with van der Waals surface area (Å²) in [4.78, 5) is 25.1. The number of nitrogens with one attached hydrogen (secondary N) is 1. The minimum Gasteiger partial charge on any atom is -0.511 e. The second-order valence-corrected chi connectivity index (χ2v) is 10.3. The van der Waals surface area contributed by atoms with Crippen molar-refractivity contribution in [2.75, 3.05) is 7.11 Å². The molecule has 1 fully saturated rings. The fraction of sp³-hybridized carbons (Fsp3) is 0.400. The van der Waals surface area contributed by atoms with Gasteiger partial charge in [-0.3, -0.25) is 4.98 Å². The summed E-state index contributed by atoms with van der Waals surface area (Å²) in [6.07, 6.45) is 9.13. The van der Waals surface area contributed by atoms with Crippen LogP contribution in [0.1, 0.15) is 44.1 Å². The van der Waals surface area contributed by atoms with Crippen LogP contribution in [0.5, 0.6) is 5.75 Å². The van der Waals surface area contributed by atoms with Gasteiger partial charge in [-0.1, -0.05) is 30.5 Å². The Morgan fingerprint density at radius 3 is 2.85 bits per heavy atom. The number of rotatable bonds is 7. The zero-order chi connectivity index (χ0) is 23.7. The number of ether oxygens (including phenoxy) is 2. The molecule has 1 unspecified atom stereocenters. The zero-order valence-electron chi connectivity index (χ0n) is 18.8. The van der Waals surface area contributed by atoms with Crippen LogP contribution >= 0.6 is 23.4 Å². The Balaban J connectivity index is 1.39.